The van der Waals surface area contributed by atoms with Gasteiger partial charge in [-0.2, -0.15) is 0 Å². The molecule has 0 spiro atoms. The van der Waals surface area contributed by atoms with Crippen molar-refractivity contribution >= 4 is 93.8 Å². The van der Waals surface area contributed by atoms with Crippen LogP contribution in [0.2, 0.25) is 0 Å². The number of benzene rings is 9. The maximum atomic E-state index is 16.6. The average Bonchev–Trinajstić information content (AvgIpc) is 0.741. The van der Waals surface area contributed by atoms with E-state index in [0.717, 1.165) is 37.2 Å². The summed E-state index contributed by atoms with van der Waals surface area (Å²) >= 11 is 0. The van der Waals surface area contributed by atoms with E-state index in [0.29, 0.717) is 100 Å². The van der Waals surface area contributed by atoms with Crippen molar-refractivity contribution in [1.82, 2.24) is 65.9 Å². The Labute approximate surface area is 761 Å². The van der Waals surface area contributed by atoms with Gasteiger partial charge in [-0.25, -0.2) is 4.58 Å². The number of nitrogens with two attached hydrogens (primary N) is 7. The molecule has 2 aliphatic rings. The lowest BCUT2D eigenvalue weighted by Crippen LogP contribution is -3.00. The maximum Gasteiger partial charge on any atom is 0.255 e. The quantitative estimate of drug-likeness (QED) is 0.0112. The summed E-state index contributed by atoms with van der Waals surface area (Å²) in [7, 11) is 0. The standard InChI is InChI=1S/C94H115N27O8.ClH/c1-5-114(6-2)73-31-33-77-79(41-73)129-80-42-74(115(7-3)8-4)32-34-78(80)87(77)75-29-9-10-30-76(75)88(128)121(54-72-28-16-22-66(40-72)48-113-94(106)107)60-86(127)120(53-71-27-15-21-65(39-71)47-112-93(104)105)59-85(126)119(52-70-26-14-20-64(38-70)46-111-92(102)103)58-84(125)118(51-69-25-13-19-63(37-69)45-110-91(100)101)57-83(124)117(50-68-24-12-18-62(36-68)44-109-90(98)99)56-82(123)116(55-81(95)122)49-67-23-11-17-61(35-67)43-108-89(96)97;/h9-42H,5-8,43-60H2,1-4H3,(H25-,95,96,97,98,99,100,101,102,103,104,105,106,107,108,109,110,111,112,113,122);1H. The minimum atomic E-state index is -0.858. The molecule has 36 heteroatoms. The van der Waals surface area contributed by atoms with Crippen LogP contribution in [-0.2, 0) is 107 Å². The summed E-state index contributed by atoms with van der Waals surface area (Å²) in [5, 5.41) is 66.0. The highest BCUT2D eigenvalue weighted by Crippen LogP contribution is 2.43. The predicted molar refractivity (Wildman–Crippen MR) is 500 cm³/mol. The summed E-state index contributed by atoms with van der Waals surface area (Å²) in [5.41, 5.74) is 51.1. The van der Waals surface area contributed by atoms with Crippen LogP contribution in [0.15, 0.2) is 211 Å². The molecule has 8 aromatic rings. The second-order valence-corrected chi connectivity index (χ2v) is 31.1. The minimum Gasteiger partial charge on any atom is -1.00 e. The summed E-state index contributed by atoms with van der Waals surface area (Å²) in [6.45, 7) is 6.37. The third kappa shape index (κ3) is 29.0. The Morgan fingerprint density at radius 3 is 0.938 bits per heavy atom. The van der Waals surface area contributed by atoms with E-state index in [1.54, 1.807) is 140 Å². The van der Waals surface area contributed by atoms with Crippen molar-refractivity contribution in [3.63, 3.8) is 0 Å². The van der Waals surface area contributed by atoms with Gasteiger partial charge in [0.2, 0.25) is 40.8 Å². The van der Waals surface area contributed by atoms with E-state index < -0.39 is 80.6 Å². The molecule has 0 unspecified atom stereocenters. The molecule has 26 N–H and O–H groups in total. The number of halogens is 1. The Kier molecular flexibility index (Phi) is 36.0. The molecule has 0 radical (unpaired) electrons. The highest BCUT2D eigenvalue weighted by atomic mass is 35.5. The van der Waals surface area contributed by atoms with Crippen LogP contribution >= 0.6 is 0 Å². The van der Waals surface area contributed by atoms with Crippen molar-refractivity contribution in [1.29, 1.82) is 32.5 Å². The number of amides is 7. The first-order valence-electron chi connectivity index (χ1n) is 42.3. The lowest BCUT2D eigenvalue weighted by atomic mass is 9.90. The van der Waals surface area contributed by atoms with Gasteiger partial charge in [0.05, 0.1) is 12.6 Å². The smallest absolute Gasteiger partial charge is 0.255 e. The van der Waals surface area contributed by atoms with Gasteiger partial charge in [0.25, 0.3) is 5.91 Å². The molecule has 10 rings (SSSR count). The monoisotopic (exact) mass is 1790 g/mol. The summed E-state index contributed by atoms with van der Waals surface area (Å²) in [4.78, 5) is 119. The van der Waals surface area contributed by atoms with Gasteiger partial charge in [0.15, 0.2) is 35.8 Å². The van der Waals surface area contributed by atoms with E-state index in [-0.39, 0.29) is 132 Å². The predicted octanol–water partition coefficient (Wildman–Crippen LogP) is 2.04. The molecular formula is C94H116ClN27O8. The summed E-state index contributed by atoms with van der Waals surface area (Å²) < 4.78 is 9.13. The van der Waals surface area contributed by atoms with Crippen LogP contribution in [0.3, 0.4) is 0 Å². The lowest BCUT2D eigenvalue weighted by molar-refractivity contribution is -0.148. The molecule has 1 heterocycles. The molecule has 8 aromatic carbocycles. The molecule has 1 aliphatic heterocycles. The molecule has 0 aromatic heterocycles. The Morgan fingerprint density at radius 1 is 0.331 bits per heavy atom. The molecule has 0 fully saturated rings. The first-order chi connectivity index (χ1) is 61.9. The first kappa shape index (κ1) is 98.2. The van der Waals surface area contributed by atoms with Crippen LogP contribution in [0.5, 0.6) is 0 Å². The van der Waals surface area contributed by atoms with Crippen LogP contribution < -0.4 is 99.3 Å². The number of hydrogen-bond acceptors (Lipinski definition) is 15. The van der Waals surface area contributed by atoms with Crippen molar-refractivity contribution in [2.24, 2.45) is 40.1 Å². The molecule has 35 nitrogen and oxygen atoms in total. The fraction of sp³-hybridized carbons (Fsp3) is 0.277. The number of rotatable bonds is 43. The fourth-order valence-electron chi connectivity index (χ4n) is 15.2. The zero-order valence-corrected chi connectivity index (χ0v) is 74.2. The van der Waals surface area contributed by atoms with Crippen molar-refractivity contribution < 1.29 is 50.4 Å². The van der Waals surface area contributed by atoms with Gasteiger partial charge in [-0.05, 0) is 124 Å². The van der Waals surface area contributed by atoms with E-state index in [1.807, 2.05) is 66.7 Å². The lowest BCUT2D eigenvalue weighted by Gasteiger charge is -2.32. The number of fused-ring (bicyclic) bond motifs is 2. The van der Waals surface area contributed by atoms with Crippen LogP contribution in [0.1, 0.15) is 105 Å². The van der Waals surface area contributed by atoms with Gasteiger partial charge in [0, 0.05) is 132 Å². The maximum absolute atomic E-state index is 16.6. The van der Waals surface area contributed by atoms with Gasteiger partial charge >= 0.3 is 0 Å². The molecule has 0 atom stereocenters. The number of nitrogens with one attached hydrogen (secondary N) is 12. The van der Waals surface area contributed by atoms with E-state index >= 15 is 28.8 Å². The molecule has 0 saturated heterocycles. The topological polar surface area (TPSA) is 556 Å². The summed E-state index contributed by atoms with van der Waals surface area (Å²) in [5.74, 6) is -6.37. The average molecular weight is 1790 g/mol. The molecule has 0 bridgehead atoms. The van der Waals surface area contributed by atoms with E-state index in [4.69, 9.17) is 77.0 Å². The highest BCUT2D eigenvalue weighted by Gasteiger charge is 2.33. The van der Waals surface area contributed by atoms with E-state index in [2.05, 4.69) is 69.1 Å². The molecule has 130 heavy (non-hydrogen) atoms. The zero-order chi connectivity index (χ0) is 92.8. The Morgan fingerprint density at radius 2 is 0.631 bits per heavy atom. The van der Waals surface area contributed by atoms with Crippen LogP contribution in [0, 0.1) is 32.5 Å². The number of hydrogen-bond donors (Lipinski definition) is 19. The summed E-state index contributed by atoms with van der Waals surface area (Å²) in [6, 6.07) is 61.5. The summed E-state index contributed by atoms with van der Waals surface area (Å²) in [6.07, 6.45) is 0. The molecule has 1 aliphatic carbocycles. The highest BCUT2D eigenvalue weighted by molar-refractivity contribution is 6.10. The molecular weight excluding hydrogens is 1670 g/mol. The Hall–Kier alpha value is -15.6. The van der Waals surface area contributed by atoms with Crippen molar-refractivity contribution in [2.45, 2.75) is 106 Å². The van der Waals surface area contributed by atoms with E-state index in [1.165, 1.54) is 29.4 Å². The number of primary amides is 1. The van der Waals surface area contributed by atoms with Gasteiger partial charge < -0.3 is 123 Å². The van der Waals surface area contributed by atoms with Crippen LogP contribution in [0.4, 0.5) is 5.69 Å². The number of anilines is 1. The van der Waals surface area contributed by atoms with Gasteiger partial charge in [-0.15, -0.1) is 0 Å². The molecule has 0 saturated carbocycles. The van der Waals surface area contributed by atoms with E-state index in [9.17, 15) is 4.79 Å². The number of carbonyl (C=O) groups is 7. The van der Waals surface area contributed by atoms with Crippen LogP contribution in [-0.4, -0.2) is 172 Å². The minimum absolute atomic E-state index is 0. The number of guanidine groups is 6. The SMILES string of the molecule is CCN(CC)c1ccc2c(-c3ccccc3C(=O)N(CC(=O)N(CC(=O)N(CC(=O)N(CC(=O)N(CC(=O)N(CC(N)=O)Cc3cccc(CNC(=N)N)c3)Cc3cccc(CNC(=N)N)c3)Cc3cccc(CNC(=N)N)c3)Cc3cccc(CNC(=N)N)c3)Cc3cccc(CNC(=N)N)c3)Cc3cccc(CNC(=N)N)c3)c3ccc(=[N+](CC)CC)cc-3oc2c1.[Cl-]. The third-order valence-corrected chi connectivity index (χ3v) is 21.5. The van der Waals surface area contributed by atoms with Gasteiger partial charge in [-0.1, -0.05) is 164 Å². The number of nitrogens with zero attached hydrogens (tertiary/aromatic N) is 8. The second-order valence-electron chi connectivity index (χ2n) is 31.1. The van der Waals surface area contributed by atoms with Crippen molar-refractivity contribution in [3.8, 4) is 22.5 Å². The zero-order valence-electron chi connectivity index (χ0n) is 73.4. The van der Waals surface area contributed by atoms with Crippen LogP contribution in [0.25, 0.3) is 33.4 Å². The van der Waals surface area contributed by atoms with Gasteiger partial charge in [0.1, 0.15) is 57.2 Å². The van der Waals surface area contributed by atoms with Crippen molar-refractivity contribution in [2.75, 3.05) is 70.3 Å². The molecule has 682 valence electrons. The first-order valence-corrected chi connectivity index (χ1v) is 42.3. The largest absolute Gasteiger partial charge is 1.00 e. The van der Waals surface area contributed by atoms with Gasteiger partial charge in [-0.3, -0.25) is 66.0 Å². The fourth-order valence-corrected chi connectivity index (χ4v) is 15.2. The second kappa shape index (κ2) is 47.7. The van der Waals surface area contributed by atoms with Crippen molar-refractivity contribution in [3.05, 3.63) is 284 Å². The Balaban J connectivity index is 0.0000190. The normalized spacial score (nSPS) is 10.8. The third-order valence-electron chi connectivity index (χ3n) is 21.5. The number of carbonyl (C=O) groups excluding carboxylic acids is 7. The molecule has 7 amide bonds. The Bertz CT molecular complexity index is 5810.